The van der Waals surface area contributed by atoms with E-state index in [0.717, 1.165) is 28.8 Å². The largest absolute Gasteiger partial charge is 0.380 e. The number of ether oxygens (including phenoxy) is 1. The van der Waals surface area contributed by atoms with Crippen LogP contribution in [-0.4, -0.2) is 53.1 Å². The normalized spacial score (nSPS) is 13.3. The van der Waals surface area contributed by atoms with Crippen LogP contribution in [0.3, 0.4) is 0 Å². The second-order valence-corrected chi connectivity index (χ2v) is 10.8. The molecule has 33 heavy (non-hydrogen) atoms. The second-order valence-electron chi connectivity index (χ2n) is 8.51. The molecule has 2 aromatic heterocycles. The van der Waals surface area contributed by atoms with Gasteiger partial charge >= 0.3 is 0 Å². The van der Waals surface area contributed by atoms with E-state index in [1.54, 1.807) is 30.6 Å². The highest BCUT2D eigenvalue weighted by molar-refractivity contribution is 7.89. The molecule has 3 aromatic rings. The minimum absolute atomic E-state index is 0.194. The van der Waals surface area contributed by atoms with E-state index in [1.807, 2.05) is 31.4 Å². The first-order valence-corrected chi connectivity index (χ1v) is 13.2. The van der Waals surface area contributed by atoms with Gasteiger partial charge in [0.15, 0.2) is 0 Å². The van der Waals surface area contributed by atoms with Gasteiger partial charge in [-0.05, 0) is 49.9 Å². The molecule has 0 radical (unpaired) electrons. The first kappa shape index (κ1) is 25.6. The van der Waals surface area contributed by atoms with E-state index in [-0.39, 0.29) is 10.9 Å². The van der Waals surface area contributed by atoms with Crippen molar-refractivity contribution in [3.05, 3.63) is 53.1 Å². The Morgan fingerprint density at radius 2 is 1.97 bits per heavy atom. The highest BCUT2D eigenvalue weighted by atomic mass is 35.5. The van der Waals surface area contributed by atoms with Crippen LogP contribution in [0.25, 0.3) is 11.0 Å². The van der Waals surface area contributed by atoms with Crippen LogP contribution in [0.4, 0.5) is 0 Å². The SMILES string of the molecule is CCOCC(CC(C)C)N(CC)S(=O)(=O)c1ccc(Cn2c(C)nc3cnccc32)c(Cl)c1. The zero-order chi connectivity index (χ0) is 24.2. The van der Waals surface area contributed by atoms with Crippen LogP contribution in [0.1, 0.15) is 45.5 Å². The predicted octanol–water partition coefficient (Wildman–Crippen LogP) is 4.90. The Morgan fingerprint density at radius 1 is 1.21 bits per heavy atom. The molecule has 0 amide bonds. The highest BCUT2D eigenvalue weighted by Crippen LogP contribution is 2.28. The van der Waals surface area contributed by atoms with E-state index in [0.29, 0.717) is 37.2 Å². The molecule has 0 bridgehead atoms. The molecule has 0 aliphatic carbocycles. The van der Waals surface area contributed by atoms with Gasteiger partial charge in [0.2, 0.25) is 10.0 Å². The van der Waals surface area contributed by atoms with Crippen molar-refractivity contribution in [3.8, 4) is 0 Å². The molecule has 0 fully saturated rings. The van der Waals surface area contributed by atoms with Gasteiger partial charge < -0.3 is 9.30 Å². The zero-order valence-corrected chi connectivity index (χ0v) is 21.5. The molecule has 1 unspecified atom stereocenters. The molecule has 0 saturated carbocycles. The molecule has 2 heterocycles. The van der Waals surface area contributed by atoms with Crippen molar-refractivity contribution in [2.45, 2.75) is 58.5 Å². The Labute approximate surface area is 201 Å². The van der Waals surface area contributed by atoms with Crippen molar-refractivity contribution in [3.63, 3.8) is 0 Å². The summed E-state index contributed by atoms with van der Waals surface area (Å²) < 4.78 is 36.3. The molecule has 9 heteroatoms. The molecule has 0 N–H and O–H groups in total. The Morgan fingerprint density at radius 3 is 2.61 bits per heavy atom. The summed E-state index contributed by atoms with van der Waals surface area (Å²) in [5.74, 6) is 1.18. The Bertz CT molecular complexity index is 1190. The second kappa shape index (κ2) is 11.0. The Kier molecular flexibility index (Phi) is 8.50. The summed E-state index contributed by atoms with van der Waals surface area (Å²) in [6.07, 6.45) is 4.18. The predicted molar refractivity (Wildman–Crippen MR) is 132 cm³/mol. The number of halogens is 1. The fourth-order valence-corrected chi connectivity index (χ4v) is 6.08. The van der Waals surface area contributed by atoms with Gasteiger partial charge in [-0.15, -0.1) is 0 Å². The maximum atomic E-state index is 13.5. The van der Waals surface area contributed by atoms with E-state index < -0.39 is 10.0 Å². The van der Waals surface area contributed by atoms with Gasteiger partial charge in [-0.1, -0.05) is 38.4 Å². The van der Waals surface area contributed by atoms with Crippen LogP contribution in [0, 0.1) is 12.8 Å². The molecule has 1 aromatic carbocycles. The van der Waals surface area contributed by atoms with Crippen molar-refractivity contribution in [2.75, 3.05) is 19.8 Å². The molecular weight excluding hydrogens is 460 g/mol. The van der Waals surface area contributed by atoms with Crippen LogP contribution in [0.15, 0.2) is 41.6 Å². The summed E-state index contributed by atoms with van der Waals surface area (Å²) in [5, 5.41) is 0.410. The van der Waals surface area contributed by atoms with Gasteiger partial charge in [-0.25, -0.2) is 13.4 Å². The smallest absolute Gasteiger partial charge is 0.243 e. The van der Waals surface area contributed by atoms with Gasteiger partial charge in [0.1, 0.15) is 11.3 Å². The Balaban J connectivity index is 1.91. The average Bonchev–Trinajstić information content (AvgIpc) is 3.08. The summed E-state index contributed by atoms with van der Waals surface area (Å²) in [7, 11) is -3.73. The molecule has 0 aliphatic rings. The lowest BCUT2D eigenvalue weighted by molar-refractivity contribution is 0.0901. The number of aryl methyl sites for hydroxylation is 1. The lowest BCUT2D eigenvalue weighted by Gasteiger charge is -2.31. The third kappa shape index (κ3) is 5.74. The van der Waals surface area contributed by atoms with Crippen molar-refractivity contribution in [1.29, 1.82) is 0 Å². The number of hydrogen-bond acceptors (Lipinski definition) is 5. The number of sulfonamides is 1. The number of nitrogens with zero attached hydrogens (tertiary/aromatic N) is 4. The molecule has 1 atom stereocenters. The maximum absolute atomic E-state index is 13.5. The summed E-state index contributed by atoms with van der Waals surface area (Å²) in [6, 6.07) is 6.66. The summed E-state index contributed by atoms with van der Waals surface area (Å²) >= 11 is 6.60. The van der Waals surface area contributed by atoms with E-state index in [1.165, 1.54) is 4.31 Å². The summed E-state index contributed by atoms with van der Waals surface area (Å²) in [4.78, 5) is 8.86. The van der Waals surface area contributed by atoms with Gasteiger partial charge in [-0.3, -0.25) is 4.98 Å². The van der Waals surface area contributed by atoms with Crippen molar-refractivity contribution >= 4 is 32.7 Å². The van der Waals surface area contributed by atoms with Gasteiger partial charge in [0.25, 0.3) is 0 Å². The van der Waals surface area contributed by atoms with E-state index in [9.17, 15) is 8.42 Å². The fourth-order valence-electron chi connectivity index (χ4n) is 4.12. The first-order valence-electron chi connectivity index (χ1n) is 11.3. The van der Waals surface area contributed by atoms with Crippen molar-refractivity contribution in [1.82, 2.24) is 18.8 Å². The molecular formula is C24H33ClN4O3S. The fraction of sp³-hybridized carbons (Fsp3) is 0.500. The van der Waals surface area contributed by atoms with Gasteiger partial charge in [0.05, 0.1) is 29.8 Å². The van der Waals surface area contributed by atoms with Crippen LogP contribution >= 0.6 is 11.6 Å². The molecule has 0 aliphatic heterocycles. The maximum Gasteiger partial charge on any atom is 0.243 e. The number of pyridine rings is 1. The van der Waals surface area contributed by atoms with Crippen LogP contribution in [0.2, 0.25) is 5.02 Å². The lowest BCUT2D eigenvalue weighted by atomic mass is 10.0. The van der Waals surface area contributed by atoms with Crippen molar-refractivity contribution < 1.29 is 13.2 Å². The molecule has 0 saturated heterocycles. The average molecular weight is 493 g/mol. The number of aromatic nitrogens is 3. The van der Waals surface area contributed by atoms with Crippen LogP contribution in [0.5, 0.6) is 0 Å². The number of hydrogen-bond donors (Lipinski definition) is 0. The summed E-state index contributed by atoms with van der Waals surface area (Å²) in [5.41, 5.74) is 2.60. The quantitative estimate of drug-likeness (QED) is 0.380. The minimum Gasteiger partial charge on any atom is -0.380 e. The molecule has 180 valence electrons. The third-order valence-corrected chi connectivity index (χ3v) is 8.05. The van der Waals surface area contributed by atoms with Gasteiger partial charge in [0, 0.05) is 30.4 Å². The van der Waals surface area contributed by atoms with Crippen LogP contribution < -0.4 is 0 Å². The van der Waals surface area contributed by atoms with E-state index >= 15 is 0 Å². The van der Waals surface area contributed by atoms with Crippen molar-refractivity contribution in [2.24, 2.45) is 5.92 Å². The van der Waals surface area contributed by atoms with E-state index in [4.69, 9.17) is 16.3 Å². The third-order valence-electron chi connectivity index (χ3n) is 5.68. The monoisotopic (exact) mass is 492 g/mol. The summed E-state index contributed by atoms with van der Waals surface area (Å²) in [6.45, 7) is 11.6. The standard InChI is InChI=1S/C24H33ClN4O3S/c1-6-29(20(12-17(3)4)16-32-7-2)33(30,31)21-9-8-19(22(25)13-21)15-28-18(5)27-23-14-26-11-10-24(23)28/h8-11,13-14,17,20H,6-7,12,15-16H2,1-5H3. The number of imidazole rings is 1. The first-order chi connectivity index (χ1) is 15.7. The highest BCUT2D eigenvalue weighted by Gasteiger charge is 2.31. The lowest BCUT2D eigenvalue weighted by Crippen LogP contribution is -2.43. The van der Waals surface area contributed by atoms with E-state index in [2.05, 4.69) is 23.8 Å². The molecule has 7 nitrogen and oxygen atoms in total. The molecule has 0 spiro atoms. The topological polar surface area (TPSA) is 77.3 Å². The number of rotatable bonds is 11. The minimum atomic E-state index is -3.73. The Hall–Kier alpha value is -2.00. The molecule has 3 rings (SSSR count). The number of benzene rings is 1. The number of fused-ring (bicyclic) bond motifs is 1. The van der Waals surface area contributed by atoms with Crippen LogP contribution in [-0.2, 0) is 21.3 Å². The number of likely N-dealkylation sites (N-methyl/N-ethyl adjacent to an activating group) is 1. The van der Waals surface area contributed by atoms with Gasteiger partial charge in [-0.2, -0.15) is 4.31 Å². The zero-order valence-electron chi connectivity index (χ0n) is 20.0.